The summed E-state index contributed by atoms with van der Waals surface area (Å²) in [5, 5.41) is 0. The van der Waals surface area contributed by atoms with E-state index < -0.39 is 9.52 Å². The van der Waals surface area contributed by atoms with Crippen LogP contribution < -0.4 is 0 Å². The predicted octanol–water partition coefficient (Wildman–Crippen LogP) is -1.46. The van der Waals surface area contributed by atoms with Gasteiger partial charge in [-0.3, -0.25) is 0 Å². The molecular weight excluding hydrogens is 84.1 g/mol. The molecule has 0 fully saturated rings. The van der Waals surface area contributed by atoms with Crippen molar-refractivity contribution >= 4 is 21.3 Å². The van der Waals surface area contributed by atoms with Crippen molar-refractivity contribution in [3.05, 3.63) is 0 Å². The van der Waals surface area contributed by atoms with Gasteiger partial charge in [0.1, 0.15) is 11.8 Å². The number of hydrogen-bond donors (Lipinski definition) is 0. The standard InChI is InChI=1S/C2H4O2Si/c3-1-5-2-4/h1-2H,5H2. The Hall–Kier alpha value is -0.443. The second-order valence-corrected chi connectivity index (χ2v) is 1.71. The minimum atomic E-state index is -0.929. The van der Waals surface area contributed by atoms with Gasteiger partial charge in [-0.15, -0.1) is 0 Å². The summed E-state index contributed by atoms with van der Waals surface area (Å²) in [6, 6.07) is 0. The molecule has 0 aliphatic carbocycles. The molecule has 0 aromatic heterocycles. The largest absolute Gasteiger partial charge is 0.309 e. The molecule has 0 aromatic rings. The van der Waals surface area contributed by atoms with E-state index in [0.29, 0.717) is 11.8 Å². The van der Waals surface area contributed by atoms with Crippen LogP contribution in [0.1, 0.15) is 0 Å². The fourth-order valence-corrected chi connectivity index (χ4v) is 0.118. The zero-order chi connectivity index (χ0) is 4.12. The van der Waals surface area contributed by atoms with Crippen molar-refractivity contribution < 1.29 is 9.59 Å². The smallest absolute Gasteiger partial charge is 0.170 e. The van der Waals surface area contributed by atoms with Crippen LogP contribution in [0.2, 0.25) is 0 Å². The Labute approximate surface area is 32.0 Å². The molecule has 0 aliphatic heterocycles. The van der Waals surface area contributed by atoms with Crippen LogP contribution >= 0.6 is 0 Å². The lowest BCUT2D eigenvalue weighted by molar-refractivity contribution is 0.564. The summed E-state index contributed by atoms with van der Waals surface area (Å²) in [5.41, 5.74) is 0. The van der Waals surface area contributed by atoms with E-state index in [1.807, 2.05) is 0 Å². The lowest BCUT2D eigenvalue weighted by atomic mass is 11.8. The Bertz CT molecular complexity index is 36.9. The predicted molar refractivity (Wildman–Crippen MR) is 22.0 cm³/mol. The molecule has 28 valence electrons. The Balaban J connectivity index is 2.65. The minimum Gasteiger partial charge on any atom is -0.309 e. The molecular formula is C2H4O2Si. The molecule has 0 aliphatic rings. The van der Waals surface area contributed by atoms with Gasteiger partial charge < -0.3 is 9.59 Å². The average molecular weight is 88.1 g/mol. The maximum atomic E-state index is 9.24. The Morgan fingerprint density at radius 2 is 1.60 bits per heavy atom. The highest BCUT2D eigenvalue weighted by Crippen LogP contribution is 1.28. The van der Waals surface area contributed by atoms with Crippen LogP contribution in [-0.4, -0.2) is 21.3 Å². The van der Waals surface area contributed by atoms with Gasteiger partial charge in [-0.05, 0) is 0 Å². The fourth-order valence-electron chi connectivity index (χ4n) is 0.0393. The van der Waals surface area contributed by atoms with E-state index in [0.717, 1.165) is 0 Å². The van der Waals surface area contributed by atoms with Gasteiger partial charge in [0.2, 0.25) is 0 Å². The van der Waals surface area contributed by atoms with Crippen molar-refractivity contribution in [3.63, 3.8) is 0 Å². The molecule has 2 nitrogen and oxygen atoms in total. The summed E-state index contributed by atoms with van der Waals surface area (Å²) in [7, 11) is -0.929. The topological polar surface area (TPSA) is 34.1 Å². The van der Waals surface area contributed by atoms with Gasteiger partial charge in [0, 0.05) is 0 Å². The van der Waals surface area contributed by atoms with Crippen molar-refractivity contribution in [1.29, 1.82) is 0 Å². The molecule has 0 radical (unpaired) electrons. The molecule has 0 N–H and O–H groups in total. The number of hydrogen-bond acceptors (Lipinski definition) is 2. The van der Waals surface area contributed by atoms with Crippen molar-refractivity contribution in [2.75, 3.05) is 0 Å². The Morgan fingerprint density at radius 1 is 1.20 bits per heavy atom. The van der Waals surface area contributed by atoms with E-state index in [2.05, 4.69) is 0 Å². The molecule has 0 heterocycles. The van der Waals surface area contributed by atoms with Gasteiger partial charge in [-0.1, -0.05) is 0 Å². The van der Waals surface area contributed by atoms with Crippen molar-refractivity contribution in [2.45, 2.75) is 0 Å². The number of carbonyl (C=O) groups is 2. The van der Waals surface area contributed by atoms with E-state index in [1.54, 1.807) is 0 Å². The zero-order valence-electron chi connectivity index (χ0n) is 2.68. The summed E-state index contributed by atoms with van der Waals surface area (Å²) < 4.78 is 0. The van der Waals surface area contributed by atoms with E-state index in [-0.39, 0.29) is 0 Å². The van der Waals surface area contributed by atoms with Gasteiger partial charge in [-0.25, -0.2) is 0 Å². The van der Waals surface area contributed by atoms with E-state index in [9.17, 15) is 9.59 Å². The van der Waals surface area contributed by atoms with Crippen LogP contribution in [0.15, 0.2) is 0 Å². The quantitative estimate of drug-likeness (QED) is 0.305. The maximum absolute atomic E-state index is 9.24. The summed E-state index contributed by atoms with van der Waals surface area (Å²) >= 11 is 0. The zero-order valence-corrected chi connectivity index (χ0v) is 4.09. The van der Waals surface area contributed by atoms with E-state index in [1.165, 1.54) is 0 Å². The molecule has 0 spiro atoms. The minimum absolute atomic E-state index is 0.701. The Kier molecular flexibility index (Phi) is 3.24. The second-order valence-electron chi connectivity index (χ2n) is 0.569. The lowest BCUT2D eigenvalue weighted by Crippen LogP contribution is -1.89. The highest BCUT2D eigenvalue weighted by molar-refractivity contribution is 6.87. The van der Waals surface area contributed by atoms with Crippen molar-refractivity contribution in [3.8, 4) is 0 Å². The normalized spacial score (nSPS) is 6.40. The summed E-state index contributed by atoms with van der Waals surface area (Å²) in [4.78, 5) is 18.5. The first-order valence-corrected chi connectivity index (χ1v) is 2.92. The van der Waals surface area contributed by atoms with Gasteiger partial charge in [-0.2, -0.15) is 0 Å². The van der Waals surface area contributed by atoms with Crippen LogP contribution in [0, 0.1) is 0 Å². The SMILES string of the molecule is O=C[SiH2]C=O. The third-order valence-corrected chi connectivity index (χ3v) is 0.577. The first kappa shape index (κ1) is 4.56. The van der Waals surface area contributed by atoms with Crippen LogP contribution in [0.3, 0.4) is 0 Å². The molecule has 0 unspecified atom stereocenters. The summed E-state index contributed by atoms with van der Waals surface area (Å²) in [6.45, 7) is 0. The van der Waals surface area contributed by atoms with Crippen LogP contribution in [0.25, 0.3) is 0 Å². The van der Waals surface area contributed by atoms with Gasteiger partial charge >= 0.3 is 0 Å². The molecule has 0 atom stereocenters. The average Bonchev–Trinajstić information content (AvgIpc) is 1.41. The van der Waals surface area contributed by atoms with Gasteiger partial charge in [0.05, 0.1) is 0 Å². The van der Waals surface area contributed by atoms with Crippen LogP contribution in [0.4, 0.5) is 0 Å². The fraction of sp³-hybridized carbons (Fsp3) is 0. The van der Waals surface area contributed by atoms with Gasteiger partial charge in [0.25, 0.3) is 0 Å². The van der Waals surface area contributed by atoms with E-state index in [4.69, 9.17) is 0 Å². The molecule has 0 rings (SSSR count). The number of carbonyl (C=O) groups excluding carboxylic acids is 2. The summed E-state index contributed by atoms with van der Waals surface area (Å²) in [5.74, 6) is 1.40. The highest BCUT2D eigenvalue weighted by atomic mass is 28.2. The molecule has 0 amide bonds. The highest BCUT2D eigenvalue weighted by Gasteiger charge is 1.68. The Morgan fingerprint density at radius 3 is 1.60 bits per heavy atom. The van der Waals surface area contributed by atoms with Gasteiger partial charge in [0.15, 0.2) is 9.52 Å². The number of rotatable bonds is 2. The molecule has 0 saturated heterocycles. The molecule has 5 heavy (non-hydrogen) atoms. The molecule has 0 saturated carbocycles. The van der Waals surface area contributed by atoms with Crippen LogP contribution in [0.5, 0.6) is 0 Å². The monoisotopic (exact) mass is 88.0 g/mol. The molecule has 0 aromatic carbocycles. The maximum Gasteiger partial charge on any atom is 0.170 e. The van der Waals surface area contributed by atoms with Crippen molar-refractivity contribution in [1.82, 2.24) is 0 Å². The first-order chi connectivity index (χ1) is 2.41. The van der Waals surface area contributed by atoms with Crippen molar-refractivity contribution in [2.24, 2.45) is 0 Å². The third-order valence-electron chi connectivity index (χ3n) is 0.192. The van der Waals surface area contributed by atoms with Crippen LogP contribution in [-0.2, 0) is 9.59 Å². The third kappa shape index (κ3) is 3.56. The lowest BCUT2D eigenvalue weighted by Gasteiger charge is -1.51. The summed E-state index contributed by atoms with van der Waals surface area (Å²) in [6.07, 6.45) is 0. The molecule has 3 heteroatoms. The first-order valence-electron chi connectivity index (χ1n) is 1.29. The molecule has 0 bridgehead atoms. The second kappa shape index (κ2) is 3.56. The van der Waals surface area contributed by atoms with E-state index >= 15 is 0 Å².